The predicted molar refractivity (Wildman–Crippen MR) is 146 cm³/mol. The van der Waals surface area contributed by atoms with Gasteiger partial charge in [-0.2, -0.15) is 0 Å². The molecule has 3 N–H and O–H groups in total. The molecule has 2 aromatic heterocycles. The molecule has 1 saturated heterocycles. The highest BCUT2D eigenvalue weighted by Gasteiger charge is 2.14. The minimum Gasteiger partial charge on any atom is -0.438 e. The average Bonchev–Trinajstić information content (AvgIpc) is 2.91. The Morgan fingerprint density at radius 3 is 2.51 bits per heavy atom. The van der Waals surface area contributed by atoms with Crippen molar-refractivity contribution < 1.29 is 9.53 Å². The van der Waals surface area contributed by atoms with Crippen LogP contribution in [0.1, 0.15) is 12.5 Å². The molecule has 188 valence electrons. The molecule has 3 heterocycles. The highest BCUT2D eigenvalue weighted by atomic mass is 16.5. The highest BCUT2D eigenvalue weighted by Crippen LogP contribution is 2.33. The van der Waals surface area contributed by atoms with Crippen LogP contribution in [0.25, 0.3) is 11.3 Å². The van der Waals surface area contributed by atoms with Crippen LogP contribution >= 0.6 is 0 Å². The molecule has 9 nitrogen and oxygen atoms in total. The van der Waals surface area contributed by atoms with Crippen molar-refractivity contribution in [1.29, 1.82) is 0 Å². The van der Waals surface area contributed by atoms with E-state index in [0.717, 1.165) is 43.0 Å². The van der Waals surface area contributed by atoms with Crippen molar-refractivity contribution >= 4 is 28.9 Å². The van der Waals surface area contributed by atoms with Crippen LogP contribution < -0.4 is 25.6 Å². The smallest absolute Gasteiger partial charge is 0.228 e. The number of amides is 1. The van der Waals surface area contributed by atoms with E-state index in [-0.39, 0.29) is 5.91 Å². The Labute approximate surface area is 215 Å². The SMILES string of the molecule is CC(=O)Nc1ccc(Oc2ncccc2-c2ccnc(Nc3ccc(N4CCNCC4)cc3)n2)c(C)c1. The molecule has 9 heteroatoms. The number of aryl methyl sites for hydroxylation is 1. The monoisotopic (exact) mass is 495 g/mol. The fourth-order valence-corrected chi connectivity index (χ4v) is 4.19. The van der Waals surface area contributed by atoms with E-state index in [1.54, 1.807) is 18.5 Å². The summed E-state index contributed by atoms with van der Waals surface area (Å²) < 4.78 is 6.17. The van der Waals surface area contributed by atoms with Crippen LogP contribution in [-0.4, -0.2) is 47.0 Å². The van der Waals surface area contributed by atoms with Gasteiger partial charge in [-0.25, -0.2) is 15.0 Å². The summed E-state index contributed by atoms with van der Waals surface area (Å²) in [6.45, 7) is 7.42. The van der Waals surface area contributed by atoms with E-state index < -0.39 is 0 Å². The van der Waals surface area contributed by atoms with E-state index in [0.29, 0.717) is 29.0 Å². The largest absolute Gasteiger partial charge is 0.438 e. The van der Waals surface area contributed by atoms with E-state index >= 15 is 0 Å². The van der Waals surface area contributed by atoms with Gasteiger partial charge in [0.05, 0.1) is 11.3 Å². The summed E-state index contributed by atoms with van der Waals surface area (Å²) in [7, 11) is 0. The van der Waals surface area contributed by atoms with E-state index in [4.69, 9.17) is 9.72 Å². The van der Waals surface area contributed by atoms with Crippen molar-refractivity contribution in [2.24, 2.45) is 0 Å². The number of carbonyl (C=O) groups excluding carboxylic acids is 1. The molecule has 0 radical (unpaired) electrons. The maximum atomic E-state index is 11.4. The summed E-state index contributed by atoms with van der Waals surface area (Å²) in [5.74, 6) is 1.44. The van der Waals surface area contributed by atoms with E-state index in [1.807, 2.05) is 49.4 Å². The first-order valence-corrected chi connectivity index (χ1v) is 12.2. The summed E-state index contributed by atoms with van der Waals surface area (Å²) in [6.07, 6.45) is 3.39. The van der Waals surface area contributed by atoms with Crippen molar-refractivity contribution in [2.45, 2.75) is 13.8 Å². The van der Waals surface area contributed by atoms with Crippen molar-refractivity contribution in [2.75, 3.05) is 41.7 Å². The van der Waals surface area contributed by atoms with Crippen molar-refractivity contribution in [3.05, 3.63) is 78.6 Å². The summed E-state index contributed by atoms with van der Waals surface area (Å²) in [6, 6.07) is 19.4. The molecule has 0 saturated carbocycles. The normalized spacial score (nSPS) is 13.2. The standard InChI is InChI=1S/C28H29N7O2/c1-19-18-22(32-20(2)36)7-10-26(19)37-27-24(4-3-12-30-27)25-11-13-31-28(34-25)33-21-5-8-23(9-6-21)35-16-14-29-15-17-35/h3-13,18,29H,14-17H2,1-2H3,(H,32,36)(H,31,33,34). The minimum atomic E-state index is -0.122. The first kappa shape index (κ1) is 24.2. The topological polar surface area (TPSA) is 104 Å². The van der Waals surface area contributed by atoms with Gasteiger partial charge in [0.2, 0.25) is 17.7 Å². The Balaban J connectivity index is 1.33. The Morgan fingerprint density at radius 2 is 1.76 bits per heavy atom. The number of carbonyl (C=O) groups is 1. The average molecular weight is 496 g/mol. The molecule has 1 fully saturated rings. The highest BCUT2D eigenvalue weighted by molar-refractivity contribution is 5.88. The van der Waals surface area contributed by atoms with Gasteiger partial charge in [0.15, 0.2) is 0 Å². The molecule has 0 spiro atoms. The number of aromatic nitrogens is 3. The number of anilines is 4. The van der Waals surface area contributed by atoms with Crippen LogP contribution in [0.3, 0.4) is 0 Å². The number of nitrogens with one attached hydrogen (secondary N) is 3. The molecule has 2 aromatic carbocycles. The lowest BCUT2D eigenvalue weighted by atomic mass is 10.2. The Kier molecular flexibility index (Phi) is 7.23. The molecule has 0 unspecified atom stereocenters. The second-order valence-corrected chi connectivity index (χ2v) is 8.79. The van der Waals surface area contributed by atoms with Gasteiger partial charge in [0, 0.05) is 62.6 Å². The van der Waals surface area contributed by atoms with Crippen molar-refractivity contribution in [3.63, 3.8) is 0 Å². The number of benzene rings is 2. The molecule has 0 aliphatic carbocycles. The van der Waals surface area contributed by atoms with Gasteiger partial charge < -0.3 is 25.6 Å². The van der Waals surface area contributed by atoms with Crippen LogP contribution in [0.4, 0.5) is 23.0 Å². The molecule has 0 bridgehead atoms. The molecule has 4 aromatic rings. The molecule has 0 atom stereocenters. The third-order valence-corrected chi connectivity index (χ3v) is 6.01. The zero-order chi connectivity index (χ0) is 25.6. The Morgan fingerprint density at radius 1 is 0.973 bits per heavy atom. The lowest BCUT2D eigenvalue weighted by Gasteiger charge is -2.29. The van der Waals surface area contributed by atoms with Gasteiger partial charge in [-0.3, -0.25) is 4.79 Å². The number of hydrogen-bond acceptors (Lipinski definition) is 8. The van der Waals surface area contributed by atoms with Gasteiger partial charge in [0.1, 0.15) is 5.75 Å². The molecule has 37 heavy (non-hydrogen) atoms. The quantitative estimate of drug-likeness (QED) is 0.337. The third-order valence-electron chi connectivity index (χ3n) is 6.01. The summed E-state index contributed by atoms with van der Waals surface area (Å²) in [5, 5.41) is 9.45. The van der Waals surface area contributed by atoms with E-state index in [2.05, 4.69) is 43.0 Å². The first-order chi connectivity index (χ1) is 18.0. The molecule has 1 aliphatic rings. The number of hydrogen-bond donors (Lipinski definition) is 3. The summed E-state index contributed by atoms with van der Waals surface area (Å²) in [5.41, 5.74) is 5.13. The lowest BCUT2D eigenvalue weighted by Crippen LogP contribution is -2.43. The van der Waals surface area contributed by atoms with Crippen LogP contribution in [0, 0.1) is 6.92 Å². The van der Waals surface area contributed by atoms with Crippen molar-refractivity contribution in [3.8, 4) is 22.9 Å². The lowest BCUT2D eigenvalue weighted by molar-refractivity contribution is -0.114. The second-order valence-electron chi connectivity index (χ2n) is 8.79. The van der Waals surface area contributed by atoms with Gasteiger partial charge >= 0.3 is 0 Å². The summed E-state index contributed by atoms with van der Waals surface area (Å²) >= 11 is 0. The fourth-order valence-electron chi connectivity index (χ4n) is 4.19. The van der Waals surface area contributed by atoms with Crippen LogP contribution in [-0.2, 0) is 4.79 Å². The molecule has 5 rings (SSSR count). The van der Waals surface area contributed by atoms with Gasteiger partial charge in [-0.1, -0.05) is 0 Å². The summed E-state index contributed by atoms with van der Waals surface area (Å²) in [4.78, 5) is 27.3. The molecule has 1 amide bonds. The molecule has 1 aliphatic heterocycles. The van der Waals surface area contributed by atoms with Crippen LogP contribution in [0.5, 0.6) is 11.6 Å². The van der Waals surface area contributed by atoms with E-state index in [9.17, 15) is 4.79 Å². The Bertz CT molecular complexity index is 1390. The van der Waals surface area contributed by atoms with Gasteiger partial charge in [0.25, 0.3) is 0 Å². The maximum absolute atomic E-state index is 11.4. The van der Waals surface area contributed by atoms with Crippen LogP contribution in [0.2, 0.25) is 0 Å². The first-order valence-electron chi connectivity index (χ1n) is 12.2. The minimum absolute atomic E-state index is 0.122. The van der Waals surface area contributed by atoms with Crippen LogP contribution in [0.15, 0.2) is 73.1 Å². The molecular formula is C28H29N7O2. The second kappa shape index (κ2) is 11.0. The van der Waals surface area contributed by atoms with Gasteiger partial charge in [-0.05, 0) is 73.2 Å². The van der Waals surface area contributed by atoms with Gasteiger partial charge in [-0.15, -0.1) is 0 Å². The molecular weight excluding hydrogens is 466 g/mol. The van der Waals surface area contributed by atoms with E-state index in [1.165, 1.54) is 12.6 Å². The number of pyridine rings is 1. The third kappa shape index (κ3) is 6.02. The maximum Gasteiger partial charge on any atom is 0.228 e. The number of rotatable bonds is 7. The number of nitrogens with zero attached hydrogens (tertiary/aromatic N) is 4. The zero-order valence-corrected chi connectivity index (χ0v) is 20.9. The predicted octanol–water partition coefficient (Wildman–Crippen LogP) is 4.75. The zero-order valence-electron chi connectivity index (χ0n) is 20.9. The number of piperazine rings is 1. The number of ether oxygens (including phenoxy) is 1. The van der Waals surface area contributed by atoms with Crippen molar-refractivity contribution in [1.82, 2.24) is 20.3 Å². The fraction of sp³-hybridized carbons (Fsp3) is 0.214. The Hall–Kier alpha value is -4.50.